The summed E-state index contributed by atoms with van der Waals surface area (Å²) in [5, 5.41) is 0. The largest absolute Gasteiger partial charge is 0.469 e. The molecule has 0 fully saturated rings. The van der Waals surface area contributed by atoms with Gasteiger partial charge in [0.15, 0.2) is 6.10 Å². The molecule has 230 valence electrons. The highest BCUT2D eigenvalue weighted by molar-refractivity contribution is 7.46. The summed E-state index contributed by atoms with van der Waals surface area (Å²) in [6, 6.07) is 0. The van der Waals surface area contributed by atoms with Crippen LogP contribution < -0.4 is 0 Å². The van der Waals surface area contributed by atoms with Gasteiger partial charge in [0.2, 0.25) is 0 Å². The molecule has 2 N–H and O–H groups in total. The molecular weight excluding hydrogens is 531 g/mol. The molecule has 0 aromatic heterocycles. The van der Waals surface area contributed by atoms with Gasteiger partial charge in [0.25, 0.3) is 0 Å². The van der Waals surface area contributed by atoms with Crippen LogP contribution in [-0.4, -0.2) is 41.0 Å². The molecule has 0 aromatic rings. The molecule has 9 heteroatoms. The SMILES string of the molecule is CC/C=C\C/C=C\C/C=C\C/C=C\CCCCC(=O)OC(COC(=O)CCCCCCCCC)COP(=O)(O)O. The highest BCUT2D eigenvalue weighted by Gasteiger charge is 2.22. The van der Waals surface area contributed by atoms with Crippen LogP contribution in [0.15, 0.2) is 48.6 Å². The van der Waals surface area contributed by atoms with Gasteiger partial charge < -0.3 is 19.3 Å². The Morgan fingerprint density at radius 1 is 0.675 bits per heavy atom. The first kappa shape index (κ1) is 38.0. The van der Waals surface area contributed by atoms with Crippen molar-refractivity contribution in [3.05, 3.63) is 48.6 Å². The molecule has 0 aliphatic heterocycles. The van der Waals surface area contributed by atoms with Crippen LogP contribution >= 0.6 is 7.82 Å². The summed E-state index contributed by atoms with van der Waals surface area (Å²) in [7, 11) is -4.75. The second kappa shape index (κ2) is 27.2. The lowest BCUT2D eigenvalue weighted by Gasteiger charge is -2.18. The average Bonchev–Trinajstić information content (AvgIpc) is 2.91. The zero-order valence-electron chi connectivity index (χ0n) is 24.7. The van der Waals surface area contributed by atoms with E-state index in [0.29, 0.717) is 12.8 Å². The van der Waals surface area contributed by atoms with Crippen molar-refractivity contribution in [2.45, 2.75) is 123 Å². The second-order valence-electron chi connectivity index (χ2n) is 9.70. The van der Waals surface area contributed by atoms with Gasteiger partial charge >= 0.3 is 19.8 Å². The Kier molecular flexibility index (Phi) is 25.8. The maximum Gasteiger partial charge on any atom is 0.469 e. The van der Waals surface area contributed by atoms with Crippen LogP contribution in [0.4, 0.5) is 0 Å². The molecule has 1 unspecified atom stereocenters. The molecule has 0 aliphatic carbocycles. The molecule has 0 rings (SSSR count). The molecule has 8 nitrogen and oxygen atoms in total. The van der Waals surface area contributed by atoms with Crippen molar-refractivity contribution in [3.63, 3.8) is 0 Å². The van der Waals surface area contributed by atoms with Gasteiger partial charge in [-0.15, -0.1) is 0 Å². The Bertz CT molecular complexity index is 797. The normalized spacial score (nSPS) is 13.2. The third kappa shape index (κ3) is 29.0. The number of allylic oxidation sites excluding steroid dienone is 8. The number of phosphoric acid groups is 1. The van der Waals surface area contributed by atoms with E-state index in [4.69, 9.17) is 19.3 Å². The van der Waals surface area contributed by atoms with Crippen LogP contribution in [0.3, 0.4) is 0 Å². The summed E-state index contributed by atoms with van der Waals surface area (Å²) in [6.45, 7) is 3.43. The highest BCUT2D eigenvalue weighted by Crippen LogP contribution is 2.35. The lowest BCUT2D eigenvalue weighted by Crippen LogP contribution is -2.29. The number of hydrogen-bond donors (Lipinski definition) is 2. The van der Waals surface area contributed by atoms with Crippen molar-refractivity contribution < 1.29 is 37.9 Å². The molecule has 0 aromatic carbocycles. The van der Waals surface area contributed by atoms with E-state index in [1.165, 1.54) is 19.3 Å². The van der Waals surface area contributed by atoms with Gasteiger partial charge in [0.1, 0.15) is 6.61 Å². The summed E-state index contributed by atoms with van der Waals surface area (Å²) in [5.41, 5.74) is 0. The van der Waals surface area contributed by atoms with E-state index >= 15 is 0 Å². The molecule has 0 saturated carbocycles. The van der Waals surface area contributed by atoms with E-state index in [9.17, 15) is 14.2 Å². The first-order chi connectivity index (χ1) is 19.3. The molecule has 0 amide bonds. The van der Waals surface area contributed by atoms with E-state index in [2.05, 4.69) is 67.0 Å². The minimum Gasteiger partial charge on any atom is -0.462 e. The van der Waals surface area contributed by atoms with Gasteiger partial charge in [-0.2, -0.15) is 0 Å². The van der Waals surface area contributed by atoms with Crippen LogP contribution in [0.2, 0.25) is 0 Å². The summed E-state index contributed by atoms with van der Waals surface area (Å²) in [6.07, 6.45) is 30.0. The zero-order chi connectivity index (χ0) is 29.7. The fourth-order valence-corrected chi connectivity index (χ4v) is 4.02. The van der Waals surface area contributed by atoms with E-state index < -0.39 is 32.5 Å². The Hall–Kier alpha value is -1.99. The predicted octanol–water partition coefficient (Wildman–Crippen LogP) is 8.06. The van der Waals surface area contributed by atoms with Crippen LogP contribution in [0.5, 0.6) is 0 Å². The van der Waals surface area contributed by atoms with E-state index in [1.54, 1.807) is 0 Å². The molecule has 0 bridgehead atoms. The lowest BCUT2D eigenvalue weighted by atomic mass is 10.1. The van der Waals surface area contributed by atoms with Crippen molar-refractivity contribution in [2.24, 2.45) is 0 Å². The van der Waals surface area contributed by atoms with Crippen LogP contribution in [0, 0.1) is 0 Å². The Morgan fingerprint density at radius 2 is 1.20 bits per heavy atom. The second-order valence-corrected chi connectivity index (χ2v) is 10.9. The predicted molar refractivity (Wildman–Crippen MR) is 161 cm³/mol. The van der Waals surface area contributed by atoms with Crippen molar-refractivity contribution >= 4 is 19.8 Å². The quantitative estimate of drug-likeness (QED) is 0.0453. The molecular formula is C31H53O8P. The first-order valence-electron chi connectivity index (χ1n) is 14.9. The first-order valence-corrected chi connectivity index (χ1v) is 16.5. The third-order valence-corrected chi connectivity index (χ3v) is 6.35. The fourth-order valence-electron chi connectivity index (χ4n) is 3.65. The zero-order valence-corrected chi connectivity index (χ0v) is 25.6. The summed E-state index contributed by atoms with van der Waals surface area (Å²) in [5.74, 6) is -0.948. The Morgan fingerprint density at radius 3 is 1.80 bits per heavy atom. The fraction of sp³-hybridized carbons (Fsp3) is 0.677. The van der Waals surface area contributed by atoms with Crippen molar-refractivity contribution in [1.29, 1.82) is 0 Å². The summed E-state index contributed by atoms with van der Waals surface area (Å²) < 4.78 is 26.0. The molecule has 0 radical (unpaired) electrons. The van der Waals surface area contributed by atoms with Crippen molar-refractivity contribution in [3.8, 4) is 0 Å². The number of ether oxygens (including phenoxy) is 2. The lowest BCUT2D eigenvalue weighted by molar-refractivity contribution is -0.161. The van der Waals surface area contributed by atoms with E-state index in [-0.39, 0.29) is 19.4 Å². The number of carbonyl (C=O) groups is 2. The van der Waals surface area contributed by atoms with Gasteiger partial charge in [-0.05, 0) is 51.4 Å². The van der Waals surface area contributed by atoms with Gasteiger partial charge in [0.05, 0.1) is 6.61 Å². The van der Waals surface area contributed by atoms with E-state index in [1.807, 2.05) is 0 Å². The number of esters is 2. The van der Waals surface area contributed by atoms with Gasteiger partial charge in [0, 0.05) is 12.8 Å². The molecule has 0 spiro atoms. The Balaban J connectivity index is 4.16. The Labute approximate surface area is 242 Å². The molecule has 40 heavy (non-hydrogen) atoms. The van der Waals surface area contributed by atoms with Crippen LogP contribution in [0.25, 0.3) is 0 Å². The smallest absolute Gasteiger partial charge is 0.462 e. The monoisotopic (exact) mass is 584 g/mol. The minimum atomic E-state index is -4.75. The summed E-state index contributed by atoms with van der Waals surface area (Å²) >= 11 is 0. The van der Waals surface area contributed by atoms with Crippen molar-refractivity contribution in [2.75, 3.05) is 13.2 Å². The molecule has 0 heterocycles. The minimum absolute atomic E-state index is 0.159. The van der Waals surface area contributed by atoms with Crippen LogP contribution in [0.1, 0.15) is 117 Å². The number of rotatable bonds is 26. The van der Waals surface area contributed by atoms with Crippen LogP contribution in [-0.2, 0) is 28.2 Å². The number of carbonyl (C=O) groups excluding carboxylic acids is 2. The average molecular weight is 585 g/mol. The molecule has 1 atom stereocenters. The topological polar surface area (TPSA) is 119 Å². The van der Waals surface area contributed by atoms with Gasteiger partial charge in [-0.1, -0.05) is 101 Å². The maximum atomic E-state index is 12.2. The van der Waals surface area contributed by atoms with Crippen molar-refractivity contribution in [1.82, 2.24) is 0 Å². The van der Waals surface area contributed by atoms with Gasteiger partial charge in [-0.25, -0.2) is 4.57 Å². The van der Waals surface area contributed by atoms with Gasteiger partial charge in [-0.3, -0.25) is 14.1 Å². The number of hydrogen-bond acceptors (Lipinski definition) is 6. The summed E-state index contributed by atoms with van der Waals surface area (Å²) in [4.78, 5) is 42.2. The third-order valence-electron chi connectivity index (χ3n) is 5.86. The van der Waals surface area contributed by atoms with E-state index in [0.717, 1.165) is 57.8 Å². The number of phosphoric ester groups is 1. The molecule has 0 aliphatic rings. The maximum absolute atomic E-state index is 12.2. The number of unbranched alkanes of at least 4 members (excludes halogenated alkanes) is 8. The molecule has 0 saturated heterocycles. The highest BCUT2D eigenvalue weighted by atomic mass is 31.2. The standard InChI is InChI=1S/C31H53O8P/c1-3-5-7-9-11-12-13-14-15-16-17-18-20-22-24-26-31(33)39-29(28-38-40(34,35)36)27-37-30(32)25-23-21-19-10-8-6-4-2/h5,7,11-12,14-15,17-18,29H,3-4,6,8-10,13,16,19-28H2,1-2H3,(H2,34,35,36)/b7-5-,12-11-,15-14-,18-17-.